The first-order valence-electron chi connectivity index (χ1n) is 12.2. The van der Waals surface area contributed by atoms with Gasteiger partial charge in [0.1, 0.15) is 11.2 Å². The summed E-state index contributed by atoms with van der Waals surface area (Å²) >= 11 is 0. The number of likely N-dealkylation sites (tertiary alicyclic amines) is 1. The van der Waals surface area contributed by atoms with Gasteiger partial charge in [0.15, 0.2) is 5.82 Å². The van der Waals surface area contributed by atoms with Gasteiger partial charge in [-0.1, -0.05) is 6.07 Å². The van der Waals surface area contributed by atoms with Crippen molar-refractivity contribution in [3.05, 3.63) is 72.8 Å². The molecule has 0 unspecified atom stereocenters. The lowest BCUT2D eigenvalue weighted by Gasteiger charge is -2.14. The number of aromatic nitrogens is 8. The zero-order valence-corrected chi connectivity index (χ0v) is 19.9. The summed E-state index contributed by atoms with van der Waals surface area (Å²) in [7, 11) is 0. The molecule has 7 rings (SSSR count). The summed E-state index contributed by atoms with van der Waals surface area (Å²) in [5, 5.41) is 8.77. The molecule has 1 aliphatic heterocycles. The number of imidazole rings is 2. The second-order valence-corrected chi connectivity index (χ2v) is 9.46. The lowest BCUT2D eigenvalue weighted by atomic mass is 10.0. The van der Waals surface area contributed by atoms with Crippen molar-refractivity contribution in [3.63, 3.8) is 0 Å². The van der Waals surface area contributed by atoms with Crippen molar-refractivity contribution in [2.45, 2.75) is 26.3 Å². The molecule has 1 saturated heterocycles. The molecule has 6 heterocycles. The average Bonchev–Trinajstić information content (AvgIpc) is 3.70. The number of H-pyrrole nitrogens is 2. The van der Waals surface area contributed by atoms with Crippen LogP contribution in [0.2, 0.25) is 0 Å². The summed E-state index contributed by atoms with van der Waals surface area (Å²) < 4.78 is 1.94. The minimum Gasteiger partial charge on any atom is -0.335 e. The van der Waals surface area contributed by atoms with Gasteiger partial charge in [0.2, 0.25) is 0 Å². The van der Waals surface area contributed by atoms with Crippen LogP contribution in [0.25, 0.3) is 50.3 Å². The average molecular weight is 476 g/mol. The largest absolute Gasteiger partial charge is 0.335 e. The molecule has 178 valence electrons. The number of hydrogen-bond donors (Lipinski definition) is 2. The highest BCUT2D eigenvalue weighted by Gasteiger charge is 2.17. The first-order chi connectivity index (χ1) is 17.7. The summed E-state index contributed by atoms with van der Waals surface area (Å²) in [5.41, 5.74) is 8.67. The summed E-state index contributed by atoms with van der Waals surface area (Å²) in [6.07, 6.45) is 13.8. The van der Waals surface area contributed by atoms with E-state index in [0.717, 1.165) is 56.7 Å². The van der Waals surface area contributed by atoms with Crippen LogP contribution in [0.1, 0.15) is 24.1 Å². The number of nitrogens with zero attached hydrogens (tertiary/aromatic N) is 7. The van der Waals surface area contributed by atoms with Crippen LogP contribution in [0.4, 0.5) is 0 Å². The molecule has 0 bridgehead atoms. The van der Waals surface area contributed by atoms with Gasteiger partial charge in [0.25, 0.3) is 0 Å². The monoisotopic (exact) mass is 475 g/mol. The van der Waals surface area contributed by atoms with Crippen LogP contribution in [-0.4, -0.2) is 57.7 Å². The highest BCUT2D eigenvalue weighted by atomic mass is 15.1. The standard InChI is InChI=1S/C27H25N9/c1-17-14-36(16-30-17)24-13-29-12-23-26(24)32-27(31-23)25-21-9-19(4-5-22(21)33-34-25)20-8-18(10-28-11-20)15-35-6-2-3-7-35/h4-5,8-14,16H,2-3,6-7,15H2,1H3,(H,31,32)(H,33,34). The fourth-order valence-electron chi connectivity index (χ4n) is 5.08. The second-order valence-electron chi connectivity index (χ2n) is 9.46. The summed E-state index contributed by atoms with van der Waals surface area (Å²) in [5.74, 6) is 0.695. The van der Waals surface area contributed by atoms with Crippen molar-refractivity contribution in [1.82, 2.24) is 44.6 Å². The molecular formula is C27H25N9. The van der Waals surface area contributed by atoms with E-state index in [9.17, 15) is 0 Å². The second kappa shape index (κ2) is 8.39. The number of benzene rings is 1. The Balaban J connectivity index is 1.28. The van der Waals surface area contributed by atoms with Crippen LogP contribution in [-0.2, 0) is 6.54 Å². The van der Waals surface area contributed by atoms with Crippen LogP contribution in [0.15, 0.2) is 61.6 Å². The molecule has 0 amide bonds. The Morgan fingerprint density at radius 2 is 1.83 bits per heavy atom. The number of aryl methyl sites for hydroxylation is 1. The first-order valence-corrected chi connectivity index (χ1v) is 12.2. The fraction of sp³-hybridized carbons (Fsp3) is 0.222. The van der Waals surface area contributed by atoms with Gasteiger partial charge in [-0.25, -0.2) is 9.97 Å². The molecule has 0 aliphatic carbocycles. The minimum absolute atomic E-state index is 0.695. The molecule has 9 heteroatoms. The Morgan fingerprint density at radius 1 is 0.944 bits per heavy atom. The molecule has 9 nitrogen and oxygen atoms in total. The SMILES string of the molecule is Cc1cn(-c2cncc3[nH]c(-c4n[nH]c5ccc(-c6cncc(CN7CCCC7)c6)cc45)nc23)cn1. The fourth-order valence-corrected chi connectivity index (χ4v) is 5.08. The molecule has 0 atom stereocenters. The van der Waals surface area contributed by atoms with E-state index in [-0.39, 0.29) is 0 Å². The van der Waals surface area contributed by atoms with E-state index < -0.39 is 0 Å². The number of pyridine rings is 2. The number of fused-ring (bicyclic) bond motifs is 2. The lowest BCUT2D eigenvalue weighted by Crippen LogP contribution is -2.18. The molecule has 0 saturated carbocycles. The molecule has 1 fully saturated rings. The Hall–Kier alpha value is -4.37. The van der Waals surface area contributed by atoms with E-state index in [4.69, 9.17) is 4.98 Å². The molecule has 1 aromatic carbocycles. The maximum absolute atomic E-state index is 4.92. The van der Waals surface area contributed by atoms with Gasteiger partial charge in [-0.2, -0.15) is 5.10 Å². The van der Waals surface area contributed by atoms with Gasteiger partial charge in [-0.3, -0.25) is 20.0 Å². The van der Waals surface area contributed by atoms with Crippen LogP contribution < -0.4 is 0 Å². The zero-order valence-electron chi connectivity index (χ0n) is 19.9. The van der Waals surface area contributed by atoms with Gasteiger partial charge in [0.05, 0.1) is 41.1 Å². The van der Waals surface area contributed by atoms with Crippen molar-refractivity contribution in [3.8, 4) is 28.3 Å². The highest BCUT2D eigenvalue weighted by Crippen LogP contribution is 2.31. The normalized spacial score (nSPS) is 14.4. The number of nitrogens with one attached hydrogen (secondary N) is 2. The molecule has 5 aromatic heterocycles. The van der Waals surface area contributed by atoms with Crippen LogP contribution in [0.5, 0.6) is 0 Å². The number of hydrogen-bond acceptors (Lipinski definition) is 6. The third-order valence-corrected chi connectivity index (χ3v) is 6.88. The van der Waals surface area contributed by atoms with Crippen LogP contribution >= 0.6 is 0 Å². The maximum Gasteiger partial charge on any atom is 0.159 e. The van der Waals surface area contributed by atoms with Gasteiger partial charge in [0, 0.05) is 36.1 Å². The van der Waals surface area contributed by atoms with Crippen molar-refractivity contribution < 1.29 is 0 Å². The van der Waals surface area contributed by atoms with Crippen LogP contribution in [0.3, 0.4) is 0 Å². The number of aromatic amines is 2. The van der Waals surface area contributed by atoms with Crippen molar-refractivity contribution in [1.29, 1.82) is 0 Å². The maximum atomic E-state index is 4.92. The molecule has 2 N–H and O–H groups in total. The van der Waals surface area contributed by atoms with Crippen molar-refractivity contribution >= 4 is 21.9 Å². The van der Waals surface area contributed by atoms with E-state index in [1.165, 1.54) is 31.5 Å². The van der Waals surface area contributed by atoms with Crippen molar-refractivity contribution in [2.75, 3.05) is 13.1 Å². The highest BCUT2D eigenvalue weighted by molar-refractivity contribution is 5.96. The molecule has 36 heavy (non-hydrogen) atoms. The van der Waals surface area contributed by atoms with E-state index in [0.29, 0.717) is 5.82 Å². The van der Waals surface area contributed by atoms with E-state index in [1.807, 2.05) is 30.1 Å². The number of rotatable bonds is 5. The Kier molecular flexibility index (Phi) is 4.88. The smallest absolute Gasteiger partial charge is 0.159 e. The minimum atomic E-state index is 0.695. The van der Waals surface area contributed by atoms with Gasteiger partial charge < -0.3 is 9.55 Å². The predicted octanol–water partition coefficient (Wildman–Crippen LogP) is 4.65. The van der Waals surface area contributed by atoms with Crippen molar-refractivity contribution in [2.24, 2.45) is 0 Å². The Labute approximate surface area is 207 Å². The molecule has 0 radical (unpaired) electrons. The van der Waals surface area contributed by atoms with E-state index >= 15 is 0 Å². The third kappa shape index (κ3) is 3.64. The Morgan fingerprint density at radius 3 is 2.69 bits per heavy atom. The van der Waals surface area contributed by atoms with E-state index in [1.54, 1.807) is 18.7 Å². The summed E-state index contributed by atoms with van der Waals surface area (Å²) in [4.78, 5) is 24.1. The molecule has 6 aromatic rings. The topological polar surface area (TPSA) is 104 Å². The quantitative estimate of drug-likeness (QED) is 0.376. The van der Waals surface area contributed by atoms with Gasteiger partial charge in [-0.05, 0) is 62.2 Å². The molecule has 0 spiro atoms. The summed E-state index contributed by atoms with van der Waals surface area (Å²) in [6, 6.07) is 8.59. The van der Waals surface area contributed by atoms with Gasteiger partial charge >= 0.3 is 0 Å². The molecular weight excluding hydrogens is 450 g/mol. The third-order valence-electron chi connectivity index (χ3n) is 6.88. The zero-order chi connectivity index (χ0) is 24.1. The van der Waals surface area contributed by atoms with Gasteiger partial charge in [-0.15, -0.1) is 0 Å². The summed E-state index contributed by atoms with van der Waals surface area (Å²) in [6.45, 7) is 5.25. The first kappa shape index (κ1) is 21.0. The Bertz CT molecular complexity index is 1700. The van der Waals surface area contributed by atoms with Crippen LogP contribution in [0, 0.1) is 6.92 Å². The predicted molar refractivity (Wildman–Crippen MR) is 139 cm³/mol. The lowest BCUT2D eigenvalue weighted by molar-refractivity contribution is 0.331. The molecule has 1 aliphatic rings. The van der Waals surface area contributed by atoms with E-state index in [2.05, 4.69) is 59.3 Å².